The molecule has 1 saturated heterocycles. The quantitative estimate of drug-likeness (QED) is 0.410. The van der Waals surface area contributed by atoms with Gasteiger partial charge in [0.25, 0.3) is 11.8 Å². The molecule has 9 nitrogen and oxygen atoms in total. The maximum absolute atomic E-state index is 14.1. The summed E-state index contributed by atoms with van der Waals surface area (Å²) in [5.74, 6) is -0.0542. The second-order valence-electron chi connectivity index (χ2n) is 9.35. The number of para-hydroxylation sites is 1. The van der Waals surface area contributed by atoms with E-state index in [9.17, 15) is 14.4 Å². The Labute approximate surface area is 213 Å². The van der Waals surface area contributed by atoms with Gasteiger partial charge in [-0.25, -0.2) is 9.69 Å². The maximum Gasteiger partial charge on any atom is 0.332 e. The van der Waals surface area contributed by atoms with Crippen molar-refractivity contribution in [3.63, 3.8) is 0 Å². The van der Waals surface area contributed by atoms with E-state index < -0.39 is 17.5 Å². The van der Waals surface area contributed by atoms with Gasteiger partial charge in [0, 0.05) is 36.4 Å². The molecule has 0 radical (unpaired) electrons. The second-order valence-corrected chi connectivity index (χ2v) is 9.35. The summed E-state index contributed by atoms with van der Waals surface area (Å²) in [6, 6.07) is 15.6. The van der Waals surface area contributed by atoms with Crippen LogP contribution in [-0.4, -0.2) is 46.4 Å². The molecule has 0 saturated carbocycles. The van der Waals surface area contributed by atoms with Crippen molar-refractivity contribution in [2.45, 2.75) is 25.4 Å². The molecule has 2 aliphatic rings. The molecule has 4 heterocycles. The van der Waals surface area contributed by atoms with Gasteiger partial charge in [-0.05, 0) is 60.9 Å². The SMILES string of the molecule is COc1ccc2[nH]c3c(c2c1)CCN1C(=O)N(c2ccccc2C(=O)NCc2cccnc2)C(=O)[C@]31C. The number of carbonyl (C=O) groups is 3. The van der Waals surface area contributed by atoms with Crippen LogP contribution in [-0.2, 0) is 23.3 Å². The molecule has 4 amide bonds. The molecule has 2 aliphatic heterocycles. The Hall–Kier alpha value is -4.66. The first-order valence-corrected chi connectivity index (χ1v) is 12.0. The molecule has 9 heteroatoms. The molecule has 0 bridgehead atoms. The number of hydrogen-bond donors (Lipinski definition) is 2. The van der Waals surface area contributed by atoms with Gasteiger partial charge in [-0.15, -0.1) is 0 Å². The van der Waals surface area contributed by atoms with Gasteiger partial charge in [-0.2, -0.15) is 0 Å². The number of imide groups is 1. The second kappa shape index (κ2) is 8.48. The smallest absolute Gasteiger partial charge is 0.332 e. The van der Waals surface area contributed by atoms with Crippen LogP contribution in [0.5, 0.6) is 5.75 Å². The van der Waals surface area contributed by atoms with Crippen LogP contribution in [0.1, 0.15) is 34.1 Å². The van der Waals surface area contributed by atoms with Gasteiger partial charge in [0.05, 0.1) is 24.1 Å². The Morgan fingerprint density at radius 2 is 2.00 bits per heavy atom. The first-order chi connectivity index (χ1) is 17.9. The van der Waals surface area contributed by atoms with Gasteiger partial charge >= 0.3 is 6.03 Å². The molecule has 4 aromatic rings. The Balaban J connectivity index is 1.37. The maximum atomic E-state index is 14.1. The number of aromatic nitrogens is 2. The number of nitrogens with zero attached hydrogens (tertiary/aromatic N) is 3. The van der Waals surface area contributed by atoms with Crippen LogP contribution in [0.2, 0.25) is 0 Å². The number of amides is 4. The fourth-order valence-corrected chi connectivity index (χ4v) is 5.40. The van der Waals surface area contributed by atoms with Gasteiger partial charge in [0.1, 0.15) is 5.75 Å². The van der Waals surface area contributed by atoms with E-state index in [1.54, 1.807) is 61.7 Å². The number of urea groups is 1. The normalized spacial score (nSPS) is 18.6. The summed E-state index contributed by atoms with van der Waals surface area (Å²) in [5, 5.41) is 3.84. The minimum atomic E-state index is -1.23. The third kappa shape index (κ3) is 3.38. The summed E-state index contributed by atoms with van der Waals surface area (Å²) < 4.78 is 5.40. The predicted octanol–water partition coefficient (Wildman–Crippen LogP) is 3.74. The summed E-state index contributed by atoms with van der Waals surface area (Å²) in [4.78, 5) is 51.1. The molecule has 1 atom stereocenters. The summed E-state index contributed by atoms with van der Waals surface area (Å²) in [7, 11) is 1.62. The van der Waals surface area contributed by atoms with E-state index in [4.69, 9.17) is 4.74 Å². The summed E-state index contributed by atoms with van der Waals surface area (Å²) in [5.41, 5.74) is 2.70. The number of nitrogens with one attached hydrogen (secondary N) is 2. The number of aromatic amines is 1. The Morgan fingerprint density at radius 1 is 1.16 bits per heavy atom. The van der Waals surface area contributed by atoms with Crippen molar-refractivity contribution >= 4 is 34.4 Å². The van der Waals surface area contributed by atoms with Gasteiger partial charge in [0.15, 0.2) is 5.54 Å². The standard InChI is InChI=1S/C28H25N5O4/c1-28-24-19(21-14-18(37-2)9-10-22(21)31-24)11-13-32(28)27(36)33(26(28)35)23-8-4-3-7-20(23)25(34)30-16-17-6-5-12-29-15-17/h3-10,12,14-15,31H,11,13,16H2,1-2H3,(H,30,34)/t28-/m0/s1. The minimum absolute atomic E-state index is 0.248. The third-order valence-electron chi connectivity index (χ3n) is 7.33. The lowest BCUT2D eigenvalue weighted by Crippen LogP contribution is -2.49. The zero-order valence-corrected chi connectivity index (χ0v) is 20.4. The van der Waals surface area contributed by atoms with Crippen LogP contribution in [0.15, 0.2) is 67.0 Å². The highest BCUT2D eigenvalue weighted by Crippen LogP contribution is 2.46. The Kier molecular flexibility index (Phi) is 5.22. The summed E-state index contributed by atoms with van der Waals surface area (Å²) in [6.45, 7) is 2.42. The van der Waals surface area contributed by atoms with E-state index >= 15 is 0 Å². The largest absolute Gasteiger partial charge is 0.497 e. The Morgan fingerprint density at radius 3 is 2.78 bits per heavy atom. The van der Waals surface area contributed by atoms with E-state index in [2.05, 4.69) is 15.3 Å². The molecule has 1 fully saturated rings. The van der Waals surface area contributed by atoms with Crippen molar-refractivity contribution in [1.82, 2.24) is 20.2 Å². The number of fused-ring (bicyclic) bond motifs is 5. The molecule has 186 valence electrons. The van der Waals surface area contributed by atoms with Gasteiger partial charge in [0.2, 0.25) is 0 Å². The van der Waals surface area contributed by atoms with Crippen LogP contribution in [0.4, 0.5) is 10.5 Å². The zero-order valence-electron chi connectivity index (χ0n) is 20.4. The number of hydrogen-bond acceptors (Lipinski definition) is 5. The highest BCUT2D eigenvalue weighted by atomic mass is 16.5. The molecule has 2 aromatic carbocycles. The molecule has 6 rings (SSSR count). The van der Waals surface area contributed by atoms with E-state index in [0.717, 1.165) is 32.7 Å². The monoisotopic (exact) mass is 495 g/mol. The lowest BCUT2D eigenvalue weighted by atomic mass is 9.87. The van der Waals surface area contributed by atoms with Crippen molar-refractivity contribution in [1.29, 1.82) is 0 Å². The van der Waals surface area contributed by atoms with Gasteiger partial charge < -0.3 is 19.9 Å². The average Bonchev–Trinajstić information content (AvgIpc) is 3.40. The topological polar surface area (TPSA) is 108 Å². The lowest BCUT2D eigenvalue weighted by molar-refractivity contribution is -0.125. The number of pyridine rings is 1. The fraction of sp³-hybridized carbons (Fsp3) is 0.214. The first-order valence-electron chi connectivity index (χ1n) is 12.0. The molecular formula is C28H25N5O4. The number of rotatable bonds is 5. The van der Waals surface area contributed by atoms with Crippen LogP contribution < -0.4 is 15.0 Å². The predicted molar refractivity (Wildman–Crippen MR) is 137 cm³/mol. The number of ether oxygens (including phenoxy) is 1. The molecule has 0 unspecified atom stereocenters. The van der Waals surface area contributed by atoms with Gasteiger partial charge in [-0.1, -0.05) is 18.2 Å². The fourth-order valence-electron chi connectivity index (χ4n) is 5.40. The first kappa shape index (κ1) is 22.8. The Bertz CT molecular complexity index is 1560. The van der Waals surface area contributed by atoms with E-state index in [1.807, 2.05) is 24.3 Å². The summed E-state index contributed by atoms with van der Waals surface area (Å²) in [6.07, 6.45) is 3.93. The van der Waals surface area contributed by atoms with E-state index in [-0.39, 0.29) is 23.7 Å². The number of benzene rings is 2. The highest BCUT2D eigenvalue weighted by molar-refractivity contribution is 6.25. The van der Waals surface area contributed by atoms with Crippen molar-refractivity contribution < 1.29 is 19.1 Å². The molecule has 0 aliphatic carbocycles. The van der Waals surface area contributed by atoms with Crippen LogP contribution in [0, 0.1) is 0 Å². The number of methoxy groups -OCH3 is 1. The molecule has 2 aromatic heterocycles. The van der Waals surface area contributed by atoms with E-state index in [1.165, 1.54) is 0 Å². The highest BCUT2D eigenvalue weighted by Gasteiger charge is 2.59. The van der Waals surface area contributed by atoms with Crippen LogP contribution in [0.25, 0.3) is 10.9 Å². The van der Waals surface area contributed by atoms with Crippen molar-refractivity contribution in [3.05, 3.63) is 89.4 Å². The van der Waals surface area contributed by atoms with Crippen molar-refractivity contribution in [2.75, 3.05) is 18.6 Å². The van der Waals surface area contributed by atoms with E-state index in [0.29, 0.717) is 18.7 Å². The third-order valence-corrected chi connectivity index (χ3v) is 7.33. The van der Waals surface area contributed by atoms with Crippen LogP contribution in [0.3, 0.4) is 0 Å². The molecular weight excluding hydrogens is 470 g/mol. The van der Waals surface area contributed by atoms with Crippen LogP contribution >= 0.6 is 0 Å². The number of carbonyl (C=O) groups excluding carboxylic acids is 3. The zero-order chi connectivity index (χ0) is 25.7. The number of anilines is 1. The van der Waals surface area contributed by atoms with Gasteiger partial charge in [-0.3, -0.25) is 14.6 Å². The number of H-pyrrole nitrogens is 1. The molecule has 2 N–H and O–H groups in total. The lowest BCUT2D eigenvalue weighted by Gasteiger charge is -2.35. The molecule has 37 heavy (non-hydrogen) atoms. The minimum Gasteiger partial charge on any atom is -0.497 e. The van der Waals surface area contributed by atoms with Crippen molar-refractivity contribution in [3.8, 4) is 5.75 Å². The summed E-state index contributed by atoms with van der Waals surface area (Å²) >= 11 is 0. The van der Waals surface area contributed by atoms with Crippen molar-refractivity contribution in [2.24, 2.45) is 0 Å². The average molecular weight is 496 g/mol. The molecule has 0 spiro atoms.